The highest BCUT2D eigenvalue weighted by Gasteiger charge is 2.14. The molecule has 0 radical (unpaired) electrons. The van der Waals surface area contributed by atoms with Crippen LogP contribution in [-0.2, 0) is 6.42 Å². The molecule has 0 spiro atoms. The smallest absolute Gasteiger partial charge is 0.0481 e. The van der Waals surface area contributed by atoms with Crippen LogP contribution in [0.4, 0.5) is 0 Å². The predicted molar refractivity (Wildman–Crippen MR) is 56.3 cm³/mol. The van der Waals surface area contributed by atoms with E-state index < -0.39 is 0 Å². The van der Waals surface area contributed by atoms with Gasteiger partial charge in [-0.2, -0.15) is 0 Å². The van der Waals surface area contributed by atoms with E-state index >= 15 is 0 Å². The van der Waals surface area contributed by atoms with E-state index in [9.17, 15) is 0 Å². The van der Waals surface area contributed by atoms with Gasteiger partial charge >= 0.3 is 0 Å². The normalized spacial score (nSPS) is 15.3. The maximum Gasteiger partial charge on any atom is 0.0481 e. The molecular formula is C10H8S2. The van der Waals surface area contributed by atoms with E-state index in [1.165, 1.54) is 22.3 Å². The Morgan fingerprint density at radius 2 is 2.17 bits per heavy atom. The average Bonchev–Trinajstić information content (AvgIpc) is 2.71. The minimum Gasteiger partial charge on any atom is -0.143 e. The second kappa shape index (κ2) is 2.51. The molecule has 0 nitrogen and oxygen atoms in total. The Kier molecular flexibility index (Phi) is 1.46. The Morgan fingerprint density at radius 1 is 1.17 bits per heavy atom. The van der Waals surface area contributed by atoms with E-state index in [1.54, 1.807) is 10.5 Å². The third kappa shape index (κ3) is 0.852. The summed E-state index contributed by atoms with van der Waals surface area (Å²) in [6.45, 7) is 0. The topological polar surface area (TPSA) is 0 Å². The van der Waals surface area contributed by atoms with Crippen molar-refractivity contribution in [1.29, 1.82) is 0 Å². The lowest BCUT2D eigenvalue weighted by molar-refractivity contribution is 1.16. The fraction of sp³-hybridized carbons (Fsp3) is 0.200. The molecule has 0 aliphatic carbocycles. The number of hydrogen-bond donors (Lipinski definition) is 0. The van der Waals surface area contributed by atoms with Gasteiger partial charge in [0.1, 0.15) is 0 Å². The molecule has 0 atom stereocenters. The van der Waals surface area contributed by atoms with Gasteiger partial charge < -0.3 is 0 Å². The predicted octanol–water partition coefficient (Wildman–Crippen LogP) is 3.55. The maximum absolute atomic E-state index is 2.28. The van der Waals surface area contributed by atoms with E-state index in [0.717, 1.165) is 0 Å². The van der Waals surface area contributed by atoms with Crippen LogP contribution in [0.15, 0.2) is 28.5 Å². The van der Waals surface area contributed by atoms with E-state index in [0.29, 0.717) is 0 Å². The van der Waals surface area contributed by atoms with Crippen molar-refractivity contribution >= 4 is 33.2 Å². The number of rotatable bonds is 0. The quantitative estimate of drug-likeness (QED) is 0.615. The molecule has 0 saturated heterocycles. The summed E-state index contributed by atoms with van der Waals surface area (Å²) in [7, 11) is 0. The molecule has 0 bridgehead atoms. The zero-order chi connectivity index (χ0) is 7.97. The Hall–Kier alpha value is -0.470. The lowest BCUT2D eigenvalue weighted by Crippen LogP contribution is -1.78. The van der Waals surface area contributed by atoms with Gasteiger partial charge in [0.05, 0.1) is 0 Å². The summed E-state index contributed by atoms with van der Waals surface area (Å²) in [5.41, 5.74) is 1.55. The molecule has 0 N–H and O–H groups in total. The first-order chi connectivity index (χ1) is 5.95. The zero-order valence-electron chi connectivity index (χ0n) is 6.54. The van der Waals surface area contributed by atoms with Gasteiger partial charge in [-0.15, -0.1) is 23.1 Å². The van der Waals surface area contributed by atoms with Crippen LogP contribution < -0.4 is 0 Å². The SMILES string of the molecule is c1cc2ccc3c(c2s1)SCC3. The highest BCUT2D eigenvalue weighted by Crippen LogP contribution is 2.39. The average molecular weight is 192 g/mol. The van der Waals surface area contributed by atoms with E-state index in [4.69, 9.17) is 0 Å². The van der Waals surface area contributed by atoms with Gasteiger partial charge in [-0.05, 0) is 28.8 Å². The molecule has 12 heavy (non-hydrogen) atoms. The molecule has 0 amide bonds. The van der Waals surface area contributed by atoms with Gasteiger partial charge in [0.25, 0.3) is 0 Å². The monoisotopic (exact) mass is 192 g/mol. The standard InChI is InChI=1S/C10H8S2/c1-2-8-4-6-12-10(8)9-7(1)3-5-11-9/h1-3,5H,4,6H2. The molecule has 1 aromatic carbocycles. The molecule has 2 aromatic rings. The summed E-state index contributed by atoms with van der Waals surface area (Å²) in [6, 6.07) is 6.74. The van der Waals surface area contributed by atoms with Crippen molar-refractivity contribution in [3.8, 4) is 0 Å². The second-order valence-corrected chi connectivity index (χ2v) is 5.01. The molecule has 2 heterocycles. The van der Waals surface area contributed by atoms with Crippen LogP contribution in [0.5, 0.6) is 0 Å². The second-order valence-electron chi connectivity index (χ2n) is 2.99. The van der Waals surface area contributed by atoms with Crippen molar-refractivity contribution in [1.82, 2.24) is 0 Å². The largest absolute Gasteiger partial charge is 0.143 e. The summed E-state index contributed by atoms with van der Waals surface area (Å²) in [6.07, 6.45) is 1.26. The molecule has 2 heteroatoms. The summed E-state index contributed by atoms with van der Waals surface area (Å²) in [4.78, 5) is 1.54. The Morgan fingerprint density at radius 3 is 3.17 bits per heavy atom. The van der Waals surface area contributed by atoms with Crippen LogP contribution in [-0.4, -0.2) is 5.75 Å². The first-order valence-corrected chi connectivity index (χ1v) is 5.93. The zero-order valence-corrected chi connectivity index (χ0v) is 8.17. The minimum atomic E-state index is 1.26. The number of thioether (sulfide) groups is 1. The highest BCUT2D eigenvalue weighted by molar-refractivity contribution is 8.00. The molecule has 60 valence electrons. The van der Waals surface area contributed by atoms with E-state index in [1.807, 2.05) is 23.1 Å². The summed E-state index contributed by atoms with van der Waals surface area (Å²) >= 11 is 3.88. The van der Waals surface area contributed by atoms with Crippen molar-refractivity contribution in [2.24, 2.45) is 0 Å². The minimum absolute atomic E-state index is 1.26. The van der Waals surface area contributed by atoms with E-state index in [-0.39, 0.29) is 0 Å². The van der Waals surface area contributed by atoms with Crippen LogP contribution in [0.2, 0.25) is 0 Å². The molecule has 1 aromatic heterocycles. The van der Waals surface area contributed by atoms with Crippen molar-refractivity contribution in [2.45, 2.75) is 11.3 Å². The van der Waals surface area contributed by atoms with Gasteiger partial charge in [0, 0.05) is 15.3 Å². The highest BCUT2D eigenvalue weighted by atomic mass is 32.2. The Balaban J connectivity index is 2.46. The van der Waals surface area contributed by atoms with Gasteiger partial charge in [-0.1, -0.05) is 12.1 Å². The number of aryl methyl sites for hydroxylation is 1. The molecule has 1 aliphatic rings. The number of benzene rings is 1. The van der Waals surface area contributed by atoms with Crippen LogP contribution in [0.25, 0.3) is 10.1 Å². The van der Waals surface area contributed by atoms with Crippen molar-refractivity contribution in [3.63, 3.8) is 0 Å². The molecule has 1 aliphatic heterocycles. The number of hydrogen-bond acceptors (Lipinski definition) is 2. The van der Waals surface area contributed by atoms with Gasteiger partial charge in [0.2, 0.25) is 0 Å². The molecule has 0 saturated carbocycles. The first kappa shape index (κ1) is 6.98. The Bertz CT molecular complexity index is 428. The maximum atomic E-state index is 2.28. The fourth-order valence-corrected chi connectivity index (χ4v) is 3.98. The van der Waals surface area contributed by atoms with Crippen LogP contribution >= 0.6 is 23.1 Å². The molecule has 0 unspecified atom stereocenters. The number of thiophene rings is 1. The Labute approximate surface area is 79.6 Å². The summed E-state index contributed by atoms with van der Waals surface area (Å²) in [5, 5.41) is 3.59. The van der Waals surface area contributed by atoms with Gasteiger partial charge in [-0.3, -0.25) is 0 Å². The molecular weight excluding hydrogens is 184 g/mol. The summed E-state index contributed by atoms with van der Waals surface area (Å²) in [5.74, 6) is 1.27. The van der Waals surface area contributed by atoms with Gasteiger partial charge in [0.15, 0.2) is 0 Å². The third-order valence-corrected chi connectivity index (χ3v) is 4.52. The van der Waals surface area contributed by atoms with Crippen molar-refractivity contribution < 1.29 is 0 Å². The van der Waals surface area contributed by atoms with Crippen molar-refractivity contribution in [2.75, 3.05) is 5.75 Å². The molecule has 0 fully saturated rings. The first-order valence-electron chi connectivity index (χ1n) is 4.07. The van der Waals surface area contributed by atoms with Crippen LogP contribution in [0.3, 0.4) is 0 Å². The van der Waals surface area contributed by atoms with Gasteiger partial charge in [-0.25, -0.2) is 0 Å². The number of fused-ring (bicyclic) bond motifs is 3. The van der Waals surface area contributed by atoms with Crippen LogP contribution in [0, 0.1) is 0 Å². The fourth-order valence-electron chi connectivity index (χ4n) is 1.66. The summed E-state index contributed by atoms with van der Waals surface area (Å²) < 4.78 is 1.50. The lowest BCUT2D eigenvalue weighted by Gasteiger charge is -1.97. The van der Waals surface area contributed by atoms with Crippen molar-refractivity contribution in [3.05, 3.63) is 29.1 Å². The van der Waals surface area contributed by atoms with Crippen LogP contribution in [0.1, 0.15) is 5.56 Å². The lowest BCUT2D eigenvalue weighted by atomic mass is 10.1. The van der Waals surface area contributed by atoms with E-state index in [2.05, 4.69) is 23.6 Å². The molecule has 3 rings (SSSR count). The third-order valence-electron chi connectivity index (χ3n) is 2.28.